The minimum absolute atomic E-state index is 0.238. The number of carbonyl (C=O) groups is 2. The van der Waals surface area contributed by atoms with E-state index in [4.69, 9.17) is 10.5 Å². The lowest BCUT2D eigenvalue weighted by Gasteiger charge is -2.05. The number of nitrogen functional groups attached to an aromatic ring is 1. The molecule has 0 atom stereocenters. The summed E-state index contributed by atoms with van der Waals surface area (Å²) in [5.74, 6) is -0.782. The lowest BCUT2D eigenvalue weighted by molar-refractivity contribution is 0.0475. The zero-order valence-corrected chi connectivity index (χ0v) is 13.3. The van der Waals surface area contributed by atoms with Crippen molar-refractivity contribution in [2.75, 3.05) is 12.3 Å². The molecule has 0 fully saturated rings. The molecule has 0 spiro atoms. The lowest BCUT2D eigenvalue weighted by atomic mass is 10.1. The van der Waals surface area contributed by atoms with Gasteiger partial charge in [-0.2, -0.15) is 0 Å². The second-order valence-corrected chi connectivity index (χ2v) is 5.52. The Kier molecular flexibility index (Phi) is 4.33. The van der Waals surface area contributed by atoms with Crippen LogP contribution in [0.1, 0.15) is 33.2 Å². The molecule has 0 amide bonds. The van der Waals surface area contributed by atoms with Crippen molar-refractivity contribution in [3.63, 3.8) is 0 Å². The highest BCUT2D eigenvalue weighted by molar-refractivity contribution is 6.09. The molecule has 3 aromatic rings. The Bertz CT molecular complexity index is 895. The number of aromatic nitrogens is 1. The number of esters is 1. The Hall–Kier alpha value is -3.08. The predicted octanol–water partition coefficient (Wildman–Crippen LogP) is 3.35. The number of H-pyrrole nitrogens is 1. The maximum absolute atomic E-state index is 12.4. The number of hydrogen-bond acceptors (Lipinski definition) is 4. The van der Waals surface area contributed by atoms with Gasteiger partial charge in [-0.25, -0.2) is 4.79 Å². The summed E-state index contributed by atoms with van der Waals surface area (Å²) >= 11 is 0. The average molecular weight is 322 g/mol. The first-order valence-electron chi connectivity index (χ1n) is 7.75. The van der Waals surface area contributed by atoms with Crippen LogP contribution in [0.25, 0.3) is 10.9 Å². The second kappa shape index (κ2) is 6.58. The Morgan fingerprint density at radius 3 is 2.58 bits per heavy atom. The van der Waals surface area contributed by atoms with E-state index in [0.29, 0.717) is 16.8 Å². The van der Waals surface area contributed by atoms with Crippen molar-refractivity contribution in [3.05, 3.63) is 65.4 Å². The number of aromatic amines is 1. The third-order valence-electron chi connectivity index (χ3n) is 3.96. The fraction of sp³-hybridized carbons (Fsp3) is 0.158. The number of nitrogens with two attached hydrogens (primary N) is 1. The molecule has 3 rings (SSSR count). The molecule has 5 heteroatoms. The zero-order valence-electron chi connectivity index (χ0n) is 13.3. The molecule has 0 unspecified atom stereocenters. The maximum atomic E-state index is 12.4. The van der Waals surface area contributed by atoms with Gasteiger partial charge in [-0.05, 0) is 36.2 Å². The van der Waals surface area contributed by atoms with Gasteiger partial charge in [0.05, 0.1) is 5.56 Å². The van der Waals surface area contributed by atoms with Crippen LogP contribution in [-0.4, -0.2) is 23.3 Å². The molecule has 0 bridgehead atoms. The van der Waals surface area contributed by atoms with E-state index >= 15 is 0 Å². The van der Waals surface area contributed by atoms with E-state index in [1.807, 2.05) is 18.2 Å². The van der Waals surface area contributed by atoms with Crippen LogP contribution in [0.4, 0.5) is 5.69 Å². The van der Waals surface area contributed by atoms with Gasteiger partial charge in [-0.15, -0.1) is 0 Å². The molecule has 5 nitrogen and oxygen atoms in total. The fourth-order valence-corrected chi connectivity index (χ4v) is 2.65. The van der Waals surface area contributed by atoms with Crippen LogP contribution in [0, 0.1) is 0 Å². The van der Waals surface area contributed by atoms with Crippen molar-refractivity contribution in [3.8, 4) is 0 Å². The number of nitrogens with one attached hydrogen (secondary N) is 1. The maximum Gasteiger partial charge on any atom is 0.338 e. The van der Waals surface area contributed by atoms with Crippen LogP contribution >= 0.6 is 0 Å². The standard InChI is InChI=1S/C19H18N2O3/c1-2-12-4-3-5-15-16(10-21-18(12)15)17(22)11-24-19(23)13-6-8-14(20)9-7-13/h3-10,21H,2,11,20H2,1H3. The number of para-hydroxylation sites is 1. The summed E-state index contributed by atoms with van der Waals surface area (Å²) in [6, 6.07) is 12.2. The van der Waals surface area contributed by atoms with Gasteiger partial charge in [0.1, 0.15) is 0 Å². The molecule has 0 aliphatic carbocycles. The van der Waals surface area contributed by atoms with E-state index in [9.17, 15) is 9.59 Å². The number of rotatable bonds is 5. The van der Waals surface area contributed by atoms with Gasteiger partial charge in [0, 0.05) is 28.4 Å². The van der Waals surface area contributed by atoms with Gasteiger partial charge in [0.15, 0.2) is 6.61 Å². The SMILES string of the molecule is CCc1cccc2c(C(=O)COC(=O)c3ccc(N)cc3)c[nH]c12. The summed E-state index contributed by atoms with van der Waals surface area (Å²) < 4.78 is 5.12. The fourth-order valence-electron chi connectivity index (χ4n) is 2.65. The Morgan fingerprint density at radius 1 is 1.12 bits per heavy atom. The Balaban J connectivity index is 1.74. The zero-order chi connectivity index (χ0) is 17.1. The summed E-state index contributed by atoms with van der Waals surface area (Å²) in [4.78, 5) is 27.5. The van der Waals surface area contributed by atoms with Crippen molar-refractivity contribution in [2.24, 2.45) is 0 Å². The molecule has 1 heterocycles. The van der Waals surface area contributed by atoms with Gasteiger partial charge < -0.3 is 15.5 Å². The lowest BCUT2D eigenvalue weighted by Crippen LogP contribution is -2.14. The van der Waals surface area contributed by atoms with Crippen molar-refractivity contribution >= 4 is 28.3 Å². The number of benzene rings is 2. The Morgan fingerprint density at radius 2 is 1.88 bits per heavy atom. The topological polar surface area (TPSA) is 85.2 Å². The molecule has 2 aromatic carbocycles. The molecule has 0 aliphatic rings. The molecule has 0 aliphatic heterocycles. The highest BCUT2D eigenvalue weighted by Crippen LogP contribution is 2.22. The average Bonchev–Trinajstić information content (AvgIpc) is 3.04. The first-order valence-corrected chi connectivity index (χ1v) is 7.75. The number of ether oxygens (including phenoxy) is 1. The molecular weight excluding hydrogens is 304 g/mol. The third-order valence-corrected chi connectivity index (χ3v) is 3.96. The van der Waals surface area contributed by atoms with E-state index in [2.05, 4.69) is 11.9 Å². The molecule has 24 heavy (non-hydrogen) atoms. The molecule has 1 aromatic heterocycles. The number of carbonyl (C=O) groups excluding carboxylic acids is 2. The number of Topliss-reactive ketones (excluding diaryl/α,β-unsaturated/α-hetero) is 1. The summed E-state index contributed by atoms with van der Waals surface area (Å²) in [5.41, 5.74) is 9.14. The van der Waals surface area contributed by atoms with Gasteiger partial charge >= 0.3 is 5.97 Å². The quantitative estimate of drug-likeness (QED) is 0.428. The number of aryl methyl sites for hydroxylation is 1. The Labute approximate surface area is 139 Å². The highest BCUT2D eigenvalue weighted by atomic mass is 16.5. The normalized spacial score (nSPS) is 10.7. The number of fused-ring (bicyclic) bond motifs is 1. The van der Waals surface area contributed by atoms with Crippen LogP contribution in [0.2, 0.25) is 0 Å². The minimum atomic E-state index is -0.544. The largest absolute Gasteiger partial charge is 0.454 e. The van der Waals surface area contributed by atoms with Gasteiger partial charge in [-0.1, -0.05) is 25.1 Å². The summed E-state index contributed by atoms with van der Waals surface area (Å²) in [5, 5.41) is 0.850. The van der Waals surface area contributed by atoms with Crippen LogP contribution < -0.4 is 5.73 Å². The van der Waals surface area contributed by atoms with Gasteiger partial charge in [0.25, 0.3) is 0 Å². The molecule has 0 saturated carbocycles. The minimum Gasteiger partial charge on any atom is -0.454 e. The second-order valence-electron chi connectivity index (χ2n) is 5.52. The molecule has 0 saturated heterocycles. The van der Waals surface area contributed by atoms with E-state index in [0.717, 1.165) is 22.9 Å². The summed E-state index contributed by atoms with van der Waals surface area (Å²) in [7, 11) is 0. The molecule has 122 valence electrons. The van der Waals surface area contributed by atoms with Crippen LogP contribution in [0.3, 0.4) is 0 Å². The molecular formula is C19H18N2O3. The van der Waals surface area contributed by atoms with E-state index in [-0.39, 0.29) is 12.4 Å². The van der Waals surface area contributed by atoms with Crippen molar-refractivity contribution < 1.29 is 14.3 Å². The first-order chi connectivity index (χ1) is 11.6. The van der Waals surface area contributed by atoms with Crippen molar-refractivity contribution in [1.82, 2.24) is 4.98 Å². The smallest absolute Gasteiger partial charge is 0.338 e. The van der Waals surface area contributed by atoms with Crippen molar-refractivity contribution in [1.29, 1.82) is 0 Å². The highest BCUT2D eigenvalue weighted by Gasteiger charge is 2.16. The third kappa shape index (κ3) is 3.01. The molecule has 0 radical (unpaired) electrons. The van der Waals surface area contributed by atoms with Gasteiger partial charge in [0.2, 0.25) is 5.78 Å². The van der Waals surface area contributed by atoms with Gasteiger partial charge in [-0.3, -0.25) is 4.79 Å². The number of hydrogen-bond donors (Lipinski definition) is 2. The summed E-state index contributed by atoms with van der Waals surface area (Å²) in [6.07, 6.45) is 2.54. The number of anilines is 1. The first kappa shape index (κ1) is 15.8. The van der Waals surface area contributed by atoms with Crippen LogP contribution in [0.15, 0.2) is 48.7 Å². The van der Waals surface area contributed by atoms with Crippen molar-refractivity contribution in [2.45, 2.75) is 13.3 Å². The van der Waals surface area contributed by atoms with E-state index < -0.39 is 5.97 Å². The predicted molar refractivity (Wildman–Crippen MR) is 93.1 cm³/mol. The van der Waals surface area contributed by atoms with E-state index in [1.54, 1.807) is 30.5 Å². The van der Waals surface area contributed by atoms with Crippen LogP contribution in [-0.2, 0) is 11.2 Å². The van der Waals surface area contributed by atoms with E-state index in [1.165, 1.54) is 0 Å². The number of ketones is 1. The van der Waals surface area contributed by atoms with Crippen LogP contribution in [0.5, 0.6) is 0 Å². The monoisotopic (exact) mass is 322 g/mol. The molecule has 3 N–H and O–H groups in total. The summed E-state index contributed by atoms with van der Waals surface area (Å²) in [6.45, 7) is 1.76.